The van der Waals surface area contributed by atoms with Crippen LogP contribution < -0.4 is 5.73 Å². The van der Waals surface area contributed by atoms with Crippen LogP contribution in [0.2, 0.25) is 5.02 Å². The first-order valence-corrected chi connectivity index (χ1v) is 4.68. The fourth-order valence-corrected chi connectivity index (χ4v) is 1.58. The highest BCUT2D eigenvalue weighted by Gasteiger charge is 2.16. The lowest BCUT2D eigenvalue weighted by molar-refractivity contribution is 0.560. The predicted molar refractivity (Wildman–Crippen MR) is 54.8 cm³/mol. The molecule has 0 saturated heterocycles. The van der Waals surface area contributed by atoms with Crippen LogP contribution in [-0.4, -0.2) is 4.98 Å². The van der Waals surface area contributed by atoms with Gasteiger partial charge in [0.1, 0.15) is 11.5 Å². The average Bonchev–Trinajstić information content (AvgIpc) is 2.65. The molecule has 0 bridgehead atoms. The van der Waals surface area contributed by atoms with Crippen molar-refractivity contribution in [3.05, 3.63) is 41.1 Å². The van der Waals surface area contributed by atoms with Crippen LogP contribution in [0.1, 0.15) is 5.69 Å². The summed E-state index contributed by atoms with van der Waals surface area (Å²) in [6.07, 6.45) is 1.22. The van der Waals surface area contributed by atoms with E-state index in [-0.39, 0.29) is 17.1 Å². The van der Waals surface area contributed by atoms with Crippen LogP contribution in [0.25, 0.3) is 11.3 Å². The van der Waals surface area contributed by atoms with Crippen LogP contribution >= 0.6 is 11.6 Å². The van der Waals surface area contributed by atoms with Crippen molar-refractivity contribution in [2.24, 2.45) is 5.73 Å². The van der Waals surface area contributed by atoms with Gasteiger partial charge in [-0.25, -0.2) is 9.37 Å². The summed E-state index contributed by atoms with van der Waals surface area (Å²) in [5, 5.41) is 0.279. The van der Waals surface area contributed by atoms with Gasteiger partial charge in [0.05, 0.1) is 10.6 Å². The highest BCUT2D eigenvalue weighted by molar-refractivity contribution is 6.33. The summed E-state index contributed by atoms with van der Waals surface area (Å²) < 4.78 is 18.6. The van der Waals surface area contributed by atoms with Crippen molar-refractivity contribution in [2.75, 3.05) is 0 Å². The quantitative estimate of drug-likeness (QED) is 0.856. The molecule has 1 heterocycles. The number of hydrogen-bond acceptors (Lipinski definition) is 3. The fraction of sp³-hybridized carbons (Fsp3) is 0.100. The molecule has 5 heteroatoms. The van der Waals surface area contributed by atoms with Crippen molar-refractivity contribution in [1.29, 1.82) is 0 Å². The third-order valence-corrected chi connectivity index (χ3v) is 2.34. The molecule has 0 radical (unpaired) electrons. The van der Waals surface area contributed by atoms with Crippen LogP contribution in [0.15, 0.2) is 29.0 Å². The molecule has 15 heavy (non-hydrogen) atoms. The number of rotatable bonds is 2. The SMILES string of the molecule is NCc1ncoc1-c1c(F)cccc1Cl. The second-order valence-corrected chi connectivity index (χ2v) is 3.34. The van der Waals surface area contributed by atoms with E-state index in [0.717, 1.165) is 0 Å². The predicted octanol–water partition coefficient (Wildman–Crippen LogP) is 2.59. The van der Waals surface area contributed by atoms with Gasteiger partial charge in [-0.15, -0.1) is 0 Å². The molecule has 2 N–H and O–H groups in total. The van der Waals surface area contributed by atoms with Crippen molar-refractivity contribution < 1.29 is 8.81 Å². The first-order valence-electron chi connectivity index (χ1n) is 4.31. The van der Waals surface area contributed by atoms with Crippen molar-refractivity contribution in [2.45, 2.75) is 6.54 Å². The number of halogens is 2. The lowest BCUT2D eigenvalue weighted by Gasteiger charge is -2.03. The van der Waals surface area contributed by atoms with E-state index in [1.807, 2.05) is 0 Å². The van der Waals surface area contributed by atoms with Crippen molar-refractivity contribution in [1.82, 2.24) is 4.98 Å². The van der Waals surface area contributed by atoms with Gasteiger partial charge < -0.3 is 10.2 Å². The molecular formula is C10H8ClFN2O. The minimum atomic E-state index is -0.450. The Morgan fingerprint density at radius 2 is 2.27 bits per heavy atom. The molecule has 0 saturated carbocycles. The molecule has 0 amide bonds. The van der Waals surface area contributed by atoms with Crippen LogP contribution in [0.4, 0.5) is 4.39 Å². The third kappa shape index (κ3) is 1.73. The molecule has 0 aliphatic heterocycles. The van der Waals surface area contributed by atoms with Crippen LogP contribution in [0.3, 0.4) is 0 Å². The lowest BCUT2D eigenvalue weighted by atomic mass is 10.1. The summed E-state index contributed by atoms with van der Waals surface area (Å²) in [6.45, 7) is 0.177. The zero-order valence-electron chi connectivity index (χ0n) is 7.71. The molecular weight excluding hydrogens is 219 g/mol. The highest BCUT2D eigenvalue weighted by Crippen LogP contribution is 2.32. The lowest BCUT2D eigenvalue weighted by Crippen LogP contribution is -1.99. The van der Waals surface area contributed by atoms with Crippen molar-refractivity contribution in [3.8, 4) is 11.3 Å². The first-order chi connectivity index (χ1) is 7.24. The van der Waals surface area contributed by atoms with Crippen LogP contribution in [-0.2, 0) is 6.54 Å². The van der Waals surface area contributed by atoms with Gasteiger partial charge in [-0.05, 0) is 12.1 Å². The Bertz CT molecular complexity index is 464. The largest absolute Gasteiger partial charge is 0.443 e. The second-order valence-electron chi connectivity index (χ2n) is 2.93. The summed E-state index contributed by atoms with van der Waals surface area (Å²) >= 11 is 5.88. The molecule has 2 rings (SSSR count). The van der Waals surface area contributed by atoms with E-state index < -0.39 is 5.82 Å². The first kappa shape index (κ1) is 10.1. The molecule has 2 aromatic rings. The van der Waals surface area contributed by atoms with E-state index in [2.05, 4.69) is 4.98 Å². The van der Waals surface area contributed by atoms with Gasteiger partial charge >= 0.3 is 0 Å². The highest BCUT2D eigenvalue weighted by atomic mass is 35.5. The van der Waals surface area contributed by atoms with Gasteiger partial charge in [0.15, 0.2) is 12.2 Å². The summed E-state index contributed by atoms with van der Waals surface area (Å²) in [6, 6.07) is 4.42. The maximum absolute atomic E-state index is 13.5. The van der Waals surface area contributed by atoms with Gasteiger partial charge in [-0.1, -0.05) is 17.7 Å². The molecule has 3 nitrogen and oxygen atoms in total. The molecule has 0 fully saturated rings. The second kappa shape index (κ2) is 4.00. The van der Waals surface area contributed by atoms with E-state index in [9.17, 15) is 4.39 Å². The average molecular weight is 227 g/mol. The number of benzene rings is 1. The minimum absolute atomic E-state index is 0.177. The number of aromatic nitrogens is 1. The van der Waals surface area contributed by atoms with Crippen LogP contribution in [0.5, 0.6) is 0 Å². The third-order valence-electron chi connectivity index (χ3n) is 2.02. The summed E-state index contributed by atoms with van der Waals surface area (Å²) in [5.74, 6) is -0.158. The minimum Gasteiger partial charge on any atom is -0.443 e. The van der Waals surface area contributed by atoms with E-state index in [1.165, 1.54) is 18.5 Å². The zero-order valence-corrected chi connectivity index (χ0v) is 8.46. The molecule has 0 spiro atoms. The number of hydrogen-bond donors (Lipinski definition) is 1. The van der Waals surface area contributed by atoms with Gasteiger partial charge in [-0.2, -0.15) is 0 Å². The van der Waals surface area contributed by atoms with Crippen molar-refractivity contribution >= 4 is 11.6 Å². The molecule has 0 atom stereocenters. The molecule has 0 unspecified atom stereocenters. The van der Waals surface area contributed by atoms with Gasteiger partial charge in [-0.3, -0.25) is 0 Å². The summed E-state index contributed by atoms with van der Waals surface area (Å²) in [4.78, 5) is 3.88. The Balaban J connectivity index is 2.63. The van der Waals surface area contributed by atoms with Gasteiger partial charge in [0, 0.05) is 6.54 Å². The topological polar surface area (TPSA) is 52.0 Å². The molecule has 0 aliphatic carbocycles. The number of oxazole rings is 1. The maximum atomic E-state index is 13.5. The number of nitrogens with two attached hydrogens (primary N) is 1. The molecule has 1 aromatic heterocycles. The Kier molecular flexibility index (Phi) is 2.70. The molecule has 78 valence electrons. The summed E-state index contributed by atoms with van der Waals surface area (Å²) in [5.41, 5.74) is 6.14. The van der Waals surface area contributed by atoms with Gasteiger partial charge in [0.2, 0.25) is 0 Å². The van der Waals surface area contributed by atoms with Crippen molar-refractivity contribution in [3.63, 3.8) is 0 Å². The van der Waals surface area contributed by atoms with Gasteiger partial charge in [0.25, 0.3) is 0 Å². The monoisotopic (exact) mass is 226 g/mol. The number of nitrogens with zero attached hydrogens (tertiary/aromatic N) is 1. The van der Waals surface area contributed by atoms with E-state index in [1.54, 1.807) is 6.07 Å². The molecule has 0 aliphatic rings. The van der Waals surface area contributed by atoms with Crippen LogP contribution in [0, 0.1) is 5.82 Å². The standard InChI is InChI=1S/C10H8ClFN2O/c11-6-2-1-3-7(12)9(6)10-8(4-13)14-5-15-10/h1-3,5H,4,13H2. The van der Waals surface area contributed by atoms with E-state index >= 15 is 0 Å². The smallest absolute Gasteiger partial charge is 0.181 e. The Labute approximate surface area is 90.7 Å². The summed E-state index contributed by atoms with van der Waals surface area (Å²) in [7, 11) is 0. The fourth-order valence-electron chi connectivity index (χ4n) is 1.33. The normalized spacial score (nSPS) is 10.6. The Morgan fingerprint density at radius 1 is 1.47 bits per heavy atom. The van der Waals surface area contributed by atoms with E-state index in [0.29, 0.717) is 11.5 Å². The van der Waals surface area contributed by atoms with E-state index in [4.69, 9.17) is 21.8 Å². The maximum Gasteiger partial charge on any atom is 0.181 e. The zero-order chi connectivity index (χ0) is 10.8. The Hall–Kier alpha value is -1.39. The molecule has 1 aromatic carbocycles. The Morgan fingerprint density at radius 3 is 2.93 bits per heavy atom.